The maximum atomic E-state index is 15.5. The molecule has 0 radical (unpaired) electrons. The topological polar surface area (TPSA) is 204 Å². The van der Waals surface area contributed by atoms with Crippen LogP contribution in [0.15, 0.2) is 52.5 Å². The van der Waals surface area contributed by atoms with E-state index in [1.54, 1.807) is 18.9 Å². The molecule has 0 amide bonds. The average Bonchev–Trinajstić information content (AvgIpc) is 3.38. The lowest BCUT2D eigenvalue weighted by Gasteiger charge is -2.19. The Hall–Kier alpha value is -4.83. The molecule has 0 spiro atoms. The fraction of sp³-hybridized carbons (Fsp3) is 0.259. The number of carbonyl (C=O) groups excluding carboxylic acids is 1. The first kappa shape index (κ1) is 31.1. The minimum atomic E-state index is -4.13. The number of ether oxygens (including phenoxy) is 3. The summed E-state index contributed by atoms with van der Waals surface area (Å²) in [5.41, 5.74) is 11.4. The van der Waals surface area contributed by atoms with E-state index in [2.05, 4.69) is 9.98 Å². The predicted octanol–water partition coefficient (Wildman–Crippen LogP) is 2.29. The number of hydrogen-bond acceptors (Lipinski definition) is 12. The highest BCUT2D eigenvalue weighted by atomic mass is 32.2. The quantitative estimate of drug-likeness (QED) is 0.139. The van der Waals surface area contributed by atoms with E-state index in [0.29, 0.717) is 25.1 Å². The molecule has 0 saturated heterocycles. The van der Waals surface area contributed by atoms with E-state index in [9.17, 15) is 22.7 Å². The maximum Gasteiger partial charge on any atom is 0.323 e. The Labute approximate surface area is 245 Å². The highest BCUT2D eigenvalue weighted by Crippen LogP contribution is 2.38. The predicted molar refractivity (Wildman–Crippen MR) is 151 cm³/mol. The Morgan fingerprint density at radius 3 is 2.58 bits per heavy atom. The van der Waals surface area contributed by atoms with Gasteiger partial charge in [-0.1, -0.05) is 0 Å². The minimum absolute atomic E-state index is 0.0236. The highest BCUT2D eigenvalue weighted by Gasteiger charge is 2.29. The summed E-state index contributed by atoms with van der Waals surface area (Å²) in [6.07, 6.45) is 0.633. The first-order chi connectivity index (χ1) is 20.3. The number of nitrogen functional groups attached to an aromatic ring is 1. The van der Waals surface area contributed by atoms with Crippen molar-refractivity contribution in [3.05, 3.63) is 65.4 Å². The van der Waals surface area contributed by atoms with E-state index >= 15 is 4.39 Å². The molecule has 13 nitrogen and oxygen atoms in total. The van der Waals surface area contributed by atoms with Gasteiger partial charge in [-0.3, -0.25) is 15.2 Å². The largest absolute Gasteiger partial charge is 0.504 e. The van der Waals surface area contributed by atoms with Crippen LogP contribution in [0.3, 0.4) is 0 Å². The van der Waals surface area contributed by atoms with Crippen molar-refractivity contribution in [2.75, 3.05) is 32.5 Å². The number of rotatable bonds is 11. The van der Waals surface area contributed by atoms with Crippen LogP contribution in [0.2, 0.25) is 0 Å². The molecule has 1 aliphatic heterocycles. The fourth-order valence-electron chi connectivity index (χ4n) is 4.01. The monoisotopic (exact) mass is 618 g/mol. The zero-order valence-electron chi connectivity index (χ0n) is 23.0. The number of esters is 1. The van der Waals surface area contributed by atoms with Crippen LogP contribution in [0.5, 0.6) is 28.9 Å². The summed E-state index contributed by atoms with van der Waals surface area (Å²) in [5.74, 6) is -6.87. The van der Waals surface area contributed by atoms with E-state index in [1.165, 1.54) is 30.3 Å². The summed E-state index contributed by atoms with van der Waals surface area (Å²) in [4.78, 5) is 21.3. The zero-order valence-corrected chi connectivity index (χ0v) is 23.8. The van der Waals surface area contributed by atoms with Gasteiger partial charge >= 0.3 is 5.97 Å². The number of sulfone groups is 1. The molecule has 3 aromatic rings. The third-order valence-corrected chi connectivity index (χ3v) is 7.96. The molecular formula is C27H28F2N6O7S. The fourth-order valence-corrected chi connectivity index (χ4v) is 5.39. The van der Waals surface area contributed by atoms with Gasteiger partial charge in [0.15, 0.2) is 27.2 Å². The summed E-state index contributed by atoms with van der Waals surface area (Å²) in [6.45, 7) is 2.44. The summed E-state index contributed by atoms with van der Waals surface area (Å²) in [6, 6.07) is 5.78. The van der Waals surface area contributed by atoms with Gasteiger partial charge in [-0.25, -0.2) is 17.8 Å². The molecule has 0 saturated carbocycles. The lowest BCUT2D eigenvalue weighted by Crippen LogP contribution is -2.38. The molecule has 4 rings (SSSR count). The van der Waals surface area contributed by atoms with E-state index in [4.69, 9.17) is 31.1 Å². The summed E-state index contributed by atoms with van der Waals surface area (Å²) >= 11 is 0. The Morgan fingerprint density at radius 1 is 1.19 bits per heavy atom. The maximum absolute atomic E-state index is 15.5. The lowest BCUT2D eigenvalue weighted by molar-refractivity contribution is -0.144. The van der Waals surface area contributed by atoms with Gasteiger partial charge in [-0.15, -0.1) is 0 Å². The van der Waals surface area contributed by atoms with Gasteiger partial charge in [0.2, 0.25) is 11.6 Å². The number of hydrogen-bond donors (Lipinski definition) is 4. The number of phenols is 1. The van der Waals surface area contributed by atoms with Crippen LogP contribution in [0.1, 0.15) is 18.1 Å². The van der Waals surface area contributed by atoms with Gasteiger partial charge in [0.05, 0.1) is 35.6 Å². The molecule has 228 valence electrons. The number of phenolic OH excluding ortho intramolecular Hbond substituents is 1. The molecule has 0 aliphatic carbocycles. The van der Waals surface area contributed by atoms with Crippen LogP contribution in [0.25, 0.3) is 0 Å². The van der Waals surface area contributed by atoms with Gasteiger partial charge in [-0.2, -0.15) is 4.39 Å². The van der Waals surface area contributed by atoms with Crippen molar-refractivity contribution in [2.45, 2.75) is 17.9 Å². The van der Waals surface area contributed by atoms with Crippen LogP contribution in [-0.2, 0) is 19.4 Å². The van der Waals surface area contributed by atoms with Crippen molar-refractivity contribution in [1.29, 1.82) is 5.41 Å². The van der Waals surface area contributed by atoms with E-state index in [-0.39, 0.29) is 40.0 Å². The molecular weight excluding hydrogens is 590 g/mol. The first-order valence-electron chi connectivity index (χ1n) is 12.7. The number of benzene rings is 2. The van der Waals surface area contributed by atoms with Gasteiger partial charge in [0.1, 0.15) is 23.5 Å². The molecule has 43 heavy (non-hydrogen) atoms. The summed E-state index contributed by atoms with van der Waals surface area (Å²) in [7, 11) is -2.45. The van der Waals surface area contributed by atoms with Gasteiger partial charge < -0.3 is 35.7 Å². The Bertz CT molecular complexity index is 1720. The van der Waals surface area contributed by atoms with Crippen molar-refractivity contribution in [2.24, 2.45) is 16.5 Å². The highest BCUT2D eigenvalue weighted by molar-refractivity contribution is 7.91. The zero-order chi connectivity index (χ0) is 31.5. The first-order valence-corrected chi connectivity index (χ1v) is 14.4. The van der Waals surface area contributed by atoms with Crippen molar-refractivity contribution >= 4 is 27.5 Å². The number of nitrogens with one attached hydrogen (secondary N) is 1. The lowest BCUT2D eigenvalue weighted by atomic mass is 10.1. The van der Waals surface area contributed by atoms with Crippen LogP contribution in [0.4, 0.5) is 8.78 Å². The SMILES string of the molecule is CCOC(=O)C(N)CS(=O)(=O)c1ccc(Oc2c(F)cnc(Oc3cc(C(=N)N)ccc3O)c2F)c(C2=NCCN2C)c1. The second-order valence-electron chi connectivity index (χ2n) is 9.28. The number of halogens is 2. The van der Waals surface area contributed by atoms with E-state index in [1.807, 2.05) is 0 Å². The summed E-state index contributed by atoms with van der Waals surface area (Å²) in [5, 5.41) is 17.7. The molecule has 0 bridgehead atoms. The number of aromatic nitrogens is 1. The molecule has 2 heterocycles. The smallest absolute Gasteiger partial charge is 0.323 e. The van der Waals surface area contributed by atoms with Gasteiger partial charge in [-0.05, 0) is 43.3 Å². The normalized spacial score (nSPS) is 13.8. The Kier molecular flexibility index (Phi) is 9.10. The number of likely N-dealkylation sites (N-methyl/N-ethyl adjacent to an activating group) is 1. The van der Waals surface area contributed by atoms with Crippen LogP contribution in [0, 0.1) is 17.0 Å². The average molecular weight is 619 g/mol. The third-order valence-electron chi connectivity index (χ3n) is 6.19. The number of aliphatic imine (C=N–C) groups is 1. The minimum Gasteiger partial charge on any atom is -0.504 e. The van der Waals surface area contributed by atoms with E-state index in [0.717, 1.165) is 6.07 Å². The standard InChI is InChI=1S/C27H28F2N6O7S/c1-3-40-27(37)18(30)13-43(38,39)15-5-7-20(16(11-15)25-33-8-9-35(25)2)41-23-17(28)12-34-26(22(23)29)42-21-10-14(24(31)32)4-6-19(21)36/h4-7,10-12,18,36H,3,8-9,13,30H2,1-2H3,(H3,31,32). The van der Waals surface area contributed by atoms with Gasteiger partial charge in [0, 0.05) is 19.2 Å². The molecule has 0 fully saturated rings. The summed E-state index contributed by atoms with van der Waals surface area (Å²) < 4.78 is 72.4. The number of pyridine rings is 1. The molecule has 2 aromatic carbocycles. The second-order valence-corrected chi connectivity index (χ2v) is 11.3. The molecule has 1 atom stereocenters. The molecule has 1 aromatic heterocycles. The van der Waals surface area contributed by atoms with Gasteiger partial charge in [0.25, 0.3) is 5.88 Å². The Morgan fingerprint density at radius 2 is 1.93 bits per heavy atom. The Balaban J connectivity index is 1.72. The van der Waals surface area contributed by atoms with Crippen molar-refractivity contribution in [3.63, 3.8) is 0 Å². The third kappa shape index (κ3) is 6.81. The number of aromatic hydroxyl groups is 1. The molecule has 1 aliphatic rings. The number of carbonyl (C=O) groups is 1. The molecule has 6 N–H and O–H groups in total. The van der Waals surface area contributed by atoms with E-state index < -0.39 is 56.6 Å². The number of nitrogens with zero attached hydrogens (tertiary/aromatic N) is 3. The van der Waals surface area contributed by atoms with Crippen LogP contribution in [-0.4, -0.2) is 79.6 Å². The van der Waals surface area contributed by atoms with Crippen molar-refractivity contribution in [1.82, 2.24) is 9.88 Å². The van der Waals surface area contributed by atoms with Crippen molar-refractivity contribution in [3.8, 4) is 28.9 Å². The number of nitrogens with two attached hydrogens (primary N) is 2. The van der Waals surface area contributed by atoms with Crippen LogP contribution < -0.4 is 20.9 Å². The molecule has 1 unspecified atom stereocenters. The van der Waals surface area contributed by atoms with Crippen LogP contribution >= 0.6 is 0 Å². The molecule has 16 heteroatoms. The second kappa shape index (κ2) is 12.6. The van der Waals surface area contributed by atoms with Crippen molar-refractivity contribution < 1.29 is 41.3 Å². The number of amidine groups is 2.